The summed E-state index contributed by atoms with van der Waals surface area (Å²) in [6, 6.07) is -1.40. The Hall–Kier alpha value is -1.15. The zero-order valence-electron chi connectivity index (χ0n) is 12.5. The average Bonchev–Trinajstić information content (AvgIpc) is 2.51. The molecule has 1 unspecified atom stereocenters. The van der Waals surface area contributed by atoms with Crippen LogP contribution in [0.2, 0.25) is 0 Å². The molecule has 2 saturated heterocycles. The maximum atomic E-state index is 12.6. The summed E-state index contributed by atoms with van der Waals surface area (Å²) in [4.78, 5) is 24.5. The fourth-order valence-electron chi connectivity index (χ4n) is 3.26. The monoisotopic (exact) mass is 319 g/mol. The maximum Gasteiger partial charge on any atom is 0.328 e. The molecule has 0 saturated carbocycles. The van der Waals surface area contributed by atoms with E-state index in [4.69, 9.17) is 0 Å². The van der Waals surface area contributed by atoms with E-state index in [0.29, 0.717) is 6.42 Å². The number of aliphatic hydroxyl groups is 1. The number of fused-ring (bicyclic) bond motifs is 1. The molecule has 0 spiro atoms. The second kappa shape index (κ2) is 4.67. The van der Waals surface area contributed by atoms with E-state index in [2.05, 4.69) is 0 Å². The number of sulfone groups is 1. The first kappa shape index (κ1) is 16.2. The lowest BCUT2D eigenvalue weighted by molar-refractivity contribution is -0.170. The average molecular weight is 319 g/mol. The van der Waals surface area contributed by atoms with Crippen LogP contribution in [0.4, 0.5) is 0 Å². The molecule has 5 atom stereocenters. The van der Waals surface area contributed by atoms with Gasteiger partial charge in [-0.3, -0.25) is 4.79 Å². The molecular formula is C13H21NO6S. The molecule has 1 amide bonds. The molecule has 0 aromatic heterocycles. The van der Waals surface area contributed by atoms with Crippen LogP contribution in [0.3, 0.4) is 0 Å². The summed E-state index contributed by atoms with van der Waals surface area (Å²) in [5, 5.41) is 18.3. The van der Waals surface area contributed by atoms with Gasteiger partial charge in [0.25, 0.3) is 0 Å². The molecule has 2 aliphatic rings. The van der Waals surface area contributed by atoms with E-state index in [0.717, 1.165) is 4.90 Å². The van der Waals surface area contributed by atoms with E-state index in [9.17, 15) is 28.2 Å². The van der Waals surface area contributed by atoms with Gasteiger partial charge in [-0.15, -0.1) is 0 Å². The third-order valence-electron chi connectivity index (χ3n) is 4.94. The second-order valence-corrected chi connectivity index (χ2v) is 9.05. The van der Waals surface area contributed by atoms with Gasteiger partial charge >= 0.3 is 5.97 Å². The van der Waals surface area contributed by atoms with Gasteiger partial charge in [0.15, 0.2) is 9.84 Å². The summed E-state index contributed by atoms with van der Waals surface area (Å²) in [7, 11) is -3.86. The van der Waals surface area contributed by atoms with Crippen molar-refractivity contribution in [1.29, 1.82) is 0 Å². The number of aliphatic carboxylic acids is 1. The first-order valence-corrected chi connectivity index (χ1v) is 8.51. The summed E-state index contributed by atoms with van der Waals surface area (Å²) < 4.78 is 23.6. The standard InChI is InChI=1S/C13H21NO6S/c1-5-6(2)8(15)7-10(16)14-9(12(17)18)13(3,4)21(19,20)11(7)14/h6-9,11,15H,5H2,1-4H3,(H,17,18)/t6?,7-,8-,9+,11-/m1/s1. The molecule has 0 radical (unpaired) electrons. The number of β-lactam (4-membered cyclic amide) rings is 1. The number of aliphatic hydroxyl groups excluding tert-OH is 1. The smallest absolute Gasteiger partial charge is 0.328 e. The fourth-order valence-corrected chi connectivity index (χ4v) is 5.59. The topological polar surface area (TPSA) is 112 Å². The highest BCUT2D eigenvalue weighted by molar-refractivity contribution is 7.93. The van der Waals surface area contributed by atoms with Gasteiger partial charge in [-0.1, -0.05) is 20.3 Å². The summed E-state index contributed by atoms with van der Waals surface area (Å²) in [6.45, 7) is 6.21. The van der Waals surface area contributed by atoms with E-state index in [1.165, 1.54) is 13.8 Å². The highest BCUT2D eigenvalue weighted by Crippen LogP contribution is 2.50. The van der Waals surface area contributed by atoms with Crippen molar-refractivity contribution in [1.82, 2.24) is 4.90 Å². The van der Waals surface area contributed by atoms with Crippen molar-refractivity contribution in [2.45, 2.75) is 56.4 Å². The van der Waals surface area contributed by atoms with Gasteiger partial charge in [0.05, 0.1) is 16.8 Å². The lowest BCUT2D eigenvalue weighted by Gasteiger charge is -2.45. The maximum absolute atomic E-state index is 12.6. The van der Waals surface area contributed by atoms with Crippen molar-refractivity contribution in [3.8, 4) is 0 Å². The van der Waals surface area contributed by atoms with Crippen LogP contribution in [0.15, 0.2) is 0 Å². The third-order valence-corrected chi connectivity index (χ3v) is 7.78. The number of carboxylic acid groups (broad SMARTS) is 1. The predicted octanol–water partition coefficient (Wildman–Crippen LogP) is -0.162. The molecule has 2 rings (SSSR count). The van der Waals surface area contributed by atoms with Crippen molar-refractivity contribution in [3.63, 3.8) is 0 Å². The fraction of sp³-hybridized carbons (Fsp3) is 0.846. The zero-order valence-corrected chi connectivity index (χ0v) is 13.3. The second-order valence-electron chi connectivity index (χ2n) is 6.43. The first-order chi connectivity index (χ1) is 9.50. The molecule has 0 aromatic carbocycles. The van der Waals surface area contributed by atoms with Gasteiger partial charge in [0.2, 0.25) is 5.91 Å². The lowest BCUT2D eigenvalue weighted by Crippen LogP contribution is -2.67. The summed E-state index contributed by atoms with van der Waals surface area (Å²) in [6.07, 6.45) is -0.481. The number of rotatable bonds is 4. The van der Waals surface area contributed by atoms with E-state index in [1.54, 1.807) is 6.92 Å². The Bertz CT molecular complexity index is 583. The Morgan fingerprint density at radius 2 is 1.95 bits per heavy atom. The minimum atomic E-state index is -3.86. The zero-order chi connectivity index (χ0) is 16.3. The lowest BCUT2D eigenvalue weighted by atomic mass is 9.82. The van der Waals surface area contributed by atoms with Crippen LogP contribution in [0, 0.1) is 11.8 Å². The summed E-state index contributed by atoms with van der Waals surface area (Å²) in [5.74, 6) is -3.22. The molecular weight excluding hydrogens is 298 g/mol. The van der Waals surface area contributed by atoms with Crippen LogP contribution in [-0.2, 0) is 19.4 Å². The molecule has 0 bridgehead atoms. The number of nitrogens with zero attached hydrogens (tertiary/aromatic N) is 1. The molecule has 2 heterocycles. The largest absolute Gasteiger partial charge is 0.480 e. The molecule has 2 N–H and O–H groups in total. The van der Waals surface area contributed by atoms with Gasteiger partial charge < -0.3 is 15.1 Å². The number of amides is 1. The molecule has 0 aliphatic carbocycles. The third kappa shape index (κ3) is 1.85. The van der Waals surface area contributed by atoms with Gasteiger partial charge in [-0.2, -0.15) is 0 Å². The number of carbonyl (C=O) groups excluding carboxylic acids is 1. The molecule has 2 aliphatic heterocycles. The van der Waals surface area contributed by atoms with Crippen LogP contribution < -0.4 is 0 Å². The van der Waals surface area contributed by atoms with Crippen LogP contribution in [0.1, 0.15) is 34.1 Å². The molecule has 120 valence electrons. The summed E-state index contributed by atoms with van der Waals surface area (Å²) in [5.41, 5.74) is 0. The molecule has 7 nitrogen and oxygen atoms in total. The Morgan fingerprint density at radius 3 is 2.38 bits per heavy atom. The van der Waals surface area contributed by atoms with Crippen molar-refractivity contribution in [2.24, 2.45) is 11.8 Å². The quantitative estimate of drug-likeness (QED) is 0.696. The highest BCUT2D eigenvalue weighted by atomic mass is 32.2. The SMILES string of the molecule is CCC(C)[C@@H](O)[C@@H]1C(=O)N2[C@@H](C(=O)O)C(C)(C)S(=O)(=O)[C@H]12. The number of carbonyl (C=O) groups is 2. The molecule has 21 heavy (non-hydrogen) atoms. The van der Waals surface area contributed by atoms with Crippen LogP contribution in [0.25, 0.3) is 0 Å². The van der Waals surface area contributed by atoms with E-state index >= 15 is 0 Å². The van der Waals surface area contributed by atoms with E-state index < -0.39 is 49.9 Å². The number of hydrogen-bond acceptors (Lipinski definition) is 5. The van der Waals surface area contributed by atoms with E-state index in [1.807, 2.05) is 6.92 Å². The Morgan fingerprint density at radius 1 is 1.43 bits per heavy atom. The minimum absolute atomic E-state index is 0.233. The Balaban J connectivity index is 2.46. The normalized spacial score (nSPS) is 35.8. The molecule has 8 heteroatoms. The Kier molecular flexibility index (Phi) is 3.61. The van der Waals surface area contributed by atoms with Gasteiger partial charge in [0.1, 0.15) is 11.4 Å². The number of carboxylic acids is 1. The van der Waals surface area contributed by atoms with Crippen molar-refractivity contribution < 1.29 is 28.2 Å². The van der Waals surface area contributed by atoms with Crippen LogP contribution in [-0.4, -0.2) is 57.7 Å². The van der Waals surface area contributed by atoms with E-state index in [-0.39, 0.29) is 5.92 Å². The van der Waals surface area contributed by atoms with Crippen molar-refractivity contribution in [3.05, 3.63) is 0 Å². The van der Waals surface area contributed by atoms with Gasteiger partial charge in [-0.05, 0) is 19.8 Å². The van der Waals surface area contributed by atoms with Gasteiger partial charge in [-0.25, -0.2) is 13.2 Å². The summed E-state index contributed by atoms with van der Waals surface area (Å²) >= 11 is 0. The number of hydrogen-bond donors (Lipinski definition) is 2. The van der Waals surface area contributed by atoms with Gasteiger partial charge in [0, 0.05) is 0 Å². The highest BCUT2D eigenvalue weighted by Gasteiger charge is 2.73. The van der Waals surface area contributed by atoms with Crippen molar-refractivity contribution >= 4 is 21.7 Å². The molecule has 0 aromatic rings. The van der Waals surface area contributed by atoms with Crippen molar-refractivity contribution in [2.75, 3.05) is 0 Å². The van der Waals surface area contributed by atoms with Crippen LogP contribution >= 0.6 is 0 Å². The Labute approximate surface area is 123 Å². The van der Waals surface area contributed by atoms with Crippen LogP contribution in [0.5, 0.6) is 0 Å². The molecule has 2 fully saturated rings. The minimum Gasteiger partial charge on any atom is -0.480 e. The predicted molar refractivity (Wildman–Crippen MR) is 74.0 cm³/mol. The first-order valence-electron chi connectivity index (χ1n) is 6.96.